The van der Waals surface area contributed by atoms with Crippen molar-refractivity contribution in [2.24, 2.45) is 0 Å². The molecule has 2 aromatic heterocycles. The lowest BCUT2D eigenvalue weighted by atomic mass is 10.0. The number of hydrogen-bond donors (Lipinski definition) is 0. The van der Waals surface area contributed by atoms with Crippen LogP contribution >= 0.6 is 0 Å². The zero-order valence-corrected chi connectivity index (χ0v) is 16.3. The van der Waals surface area contributed by atoms with E-state index in [1.807, 2.05) is 36.9 Å². The summed E-state index contributed by atoms with van der Waals surface area (Å²) >= 11 is 0. The maximum absolute atomic E-state index is 13.4. The Labute approximate surface area is 160 Å². The van der Waals surface area contributed by atoms with Gasteiger partial charge < -0.3 is 9.32 Å². The summed E-state index contributed by atoms with van der Waals surface area (Å²) in [5, 5.41) is 4.43. The van der Waals surface area contributed by atoms with Gasteiger partial charge in [0.15, 0.2) is 0 Å². The van der Waals surface area contributed by atoms with Gasteiger partial charge in [-0.1, -0.05) is 30.3 Å². The summed E-state index contributed by atoms with van der Waals surface area (Å²) in [7, 11) is 0. The summed E-state index contributed by atoms with van der Waals surface area (Å²) in [5.41, 5.74) is 3.79. The molecule has 0 aliphatic rings. The normalized spacial score (nSPS) is 12.1. The molecule has 1 aromatic carbocycles. The van der Waals surface area contributed by atoms with E-state index < -0.39 is 0 Å². The highest BCUT2D eigenvalue weighted by atomic mass is 16.3. The van der Waals surface area contributed by atoms with Crippen molar-refractivity contribution in [3.63, 3.8) is 0 Å². The fourth-order valence-electron chi connectivity index (χ4n) is 3.29. The fraction of sp³-hybridized carbons (Fsp3) is 0.364. The van der Waals surface area contributed by atoms with Gasteiger partial charge in [-0.15, -0.1) is 0 Å². The van der Waals surface area contributed by atoms with Crippen LogP contribution in [-0.4, -0.2) is 26.6 Å². The van der Waals surface area contributed by atoms with Gasteiger partial charge in [-0.05, 0) is 51.3 Å². The van der Waals surface area contributed by atoms with Crippen LogP contribution in [0.4, 0.5) is 0 Å². The largest absolute Gasteiger partial charge is 0.472 e. The second-order valence-electron chi connectivity index (χ2n) is 6.92. The van der Waals surface area contributed by atoms with Crippen molar-refractivity contribution < 1.29 is 9.21 Å². The van der Waals surface area contributed by atoms with Gasteiger partial charge in [0, 0.05) is 24.7 Å². The summed E-state index contributed by atoms with van der Waals surface area (Å²) in [6.45, 7) is 7.23. The predicted octanol–water partition coefficient (Wildman–Crippen LogP) is 4.47. The molecule has 0 radical (unpaired) electrons. The molecule has 27 heavy (non-hydrogen) atoms. The third-order valence-electron chi connectivity index (χ3n) is 4.84. The predicted molar refractivity (Wildman–Crippen MR) is 105 cm³/mol. The highest BCUT2D eigenvalue weighted by Crippen LogP contribution is 2.18. The van der Waals surface area contributed by atoms with Crippen LogP contribution in [0.15, 0.2) is 59.4 Å². The van der Waals surface area contributed by atoms with Gasteiger partial charge in [0.05, 0.1) is 18.2 Å². The van der Waals surface area contributed by atoms with E-state index in [0.717, 1.165) is 24.1 Å². The topological polar surface area (TPSA) is 51.3 Å². The van der Waals surface area contributed by atoms with Gasteiger partial charge >= 0.3 is 0 Å². The minimum Gasteiger partial charge on any atom is -0.472 e. The Kier molecular flexibility index (Phi) is 6.12. The van der Waals surface area contributed by atoms with Crippen LogP contribution in [0.1, 0.15) is 47.6 Å². The van der Waals surface area contributed by atoms with E-state index in [4.69, 9.17) is 4.42 Å². The molecule has 5 nitrogen and oxygen atoms in total. The molecule has 0 unspecified atom stereocenters. The van der Waals surface area contributed by atoms with Gasteiger partial charge in [0.2, 0.25) is 0 Å². The van der Waals surface area contributed by atoms with Gasteiger partial charge in [0.25, 0.3) is 5.91 Å². The SMILES string of the molecule is CCn1nc(C)cc1C(=O)N(Cc1ccoc1)[C@@H](C)CCc1ccccc1. The Hall–Kier alpha value is -2.82. The van der Waals surface area contributed by atoms with Gasteiger partial charge in [-0.2, -0.15) is 5.10 Å². The number of nitrogens with zero attached hydrogens (tertiary/aromatic N) is 3. The third kappa shape index (κ3) is 4.67. The lowest BCUT2D eigenvalue weighted by molar-refractivity contribution is 0.0654. The Bertz CT molecular complexity index is 853. The number of aromatic nitrogens is 2. The first-order chi connectivity index (χ1) is 13.1. The van der Waals surface area contributed by atoms with E-state index in [1.165, 1.54) is 5.56 Å². The highest BCUT2D eigenvalue weighted by molar-refractivity contribution is 5.93. The van der Waals surface area contributed by atoms with Gasteiger partial charge in [0.1, 0.15) is 5.69 Å². The molecule has 0 aliphatic heterocycles. The molecule has 2 heterocycles. The summed E-state index contributed by atoms with van der Waals surface area (Å²) in [6.07, 6.45) is 5.18. The minimum atomic E-state index is 0.0132. The number of carbonyl (C=O) groups excluding carboxylic acids is 1. The zero-order chi connectivity index (χ0) is 19.2. The average Bonchev–Trinajstić information content (AvgIpc) is 3.33. The van der Waals surface area contributed by atoms with E-state index in [-0.39, 0.29) is 11.9 Å². The number of amides is 1. The van der Waals surface area contributed by atoms with Crippen LogP contribution in [0.25, 0.3) is 0 Å². The smallest absolute Gasteiger partial charge is 0.272 e. The van der Waals surface area contributed by atoms with Crippen molar-refractivity contribution >= 4 is 5.91 Å². The second kappa shape index (κ2) is 8.71. The van der Waals surface area contributed by atoms with Crippen LogP contribution in [0.2, 0.25) is 0 Å². The van der Waals surface area contributed by atoms with E-state index in [2.05, 4.69) is 36.3 Å². The number of benzene rings is 1. The van der Waals surface area contributed by atoms with E-state index in [9.17, 15) is 4.79 Å². The average molecular weight is 365 g/mol. The summed E-state index contributed by atoms with van der Waals surface area (Å²) in [5.74, 6) is 0.0132. The first kappa shape index (κ1) is 19.0. The molecule has 0 fully saturated rings. The number of carbonyl (C=O) groups is 1. The molecule has 3 rings (SSSR count). The Morgan fingerprint density at radius 1 is 1.22 bits per heavy atom. The van der Waals surface area contributed by atoms with E-state index >= 15 is 0 Å². The zero-order valence-electron chi connectivity index (χ0n) is 16.3. The molecular weight excluding hydrogens is 338 g/mol. The van der Waals surface area contributed by atoms with Gasteiger partial charge in [-0.3, -0.25) is 9.48 Å². The van der Waals surface area contributed by atoms with Crippen molar-refractivity contribution in [3.8, 4) is 0 Å². The van der Waals surface area contributed by atoms with E-state index in [0.29, 0.717) is 18.8 Å². The van der Waals surface area contributed by atoms with Crippen LogP contribution in [-0.2, 0) is 19.5 Å². The molecular formula is C22H27N3O2. The molecule has 0 saturated heterocycles. The molecule has 0 aliphatic carbocycles. The third-order valence-corrected chi connectivity index (χ3v) is 4.84. The maximum Gasteiger partial charge on any atom is 0.272 e. The molecule has 1 atom stereocenters. The quantitative estimate of drug-likeness (QED) is 0.592. The van der Waals surface area contributed by atoms with Crippen molar-refractivity contribution in [3.05, 3.63) is 77.5 Å². The van der Waals surface area contributed by atoms with Crippen LogP contribution in [0, 0.1) is 6.92 Å². The van der Waals surface area contributed by atoms with Crippen LogP contribution in [0.5, 0.6) is 0 Å². The molecule has 5 heteroatoms. The van der Waals surface area contributed by atoms with Crippen molar-refractivity contribution in [1.29, 1.82) is 0 Å². The molecule has 142 valence electrons. The highest BCUT2D eigenvalue weighted by Gasteiger charge is 2.25. The Morgan fingerprint density at radius 3 is 2.67 bits per heavy atom. The molecule has 0 bridgehead atoms. The Balaban J connectivity index is 1.80. The van der Waals surface area contributed by atoms with Crippen molar-refractivity contribution in [1.82, 2.24) is 14.7 Å². The summed E-state index contributed by atoms with van der Waals surface area (Å²) < 4.78 is 6.99. The molecule has 0 spiro atoms. The maximum atomic E-state index is 13.4. The lowest BCUT2D eigenvalue weighted by Gasteiger charge is -2.29. The summed E-state index contributed by atoms with van der Waals surface area (Å²) in [6, 6.07) is 14.3. The number of aryl methyl sites for hydroxylation is 3. The minimum absolute atomic E-state index is 0.0132. The molecule has 1 amide bonds. The molecule has 3 aromatic rings. The van der Waals surface area contributed by atoms with Gasteiger partial charge in [-0.25, -0.2) is 0 Å². The van der Waals surface area contributed by atoms with E-state index in [1.54, 1.807) is 17.2 Å². The standard InChI is InChI=1S/C22H27N3O2/c1-4-25-21(14-17(2)23-25)22(26)24(15-20-12-13-27-16-20)18(3)10-11-19-8-6-5-7-9-19/h5-9,12-14,16,18H,4,10-11,15H2,1-3H3/t18-/m0/s1. The summed E-state index contributed by atoms with van der Waals surface area (Å²) in [4.78, 5) is 15.3. The van der Waals surface area contributed by atoms with Crippen molar-refractivity contribution in [2.45, 2.75) is 52.7 Å². The number of hydrogen-bond acceptors (Lipinski definition) is 3. The Morgan fingerprint density at radius 2 is 2.00 bits per heavy atom. The monoisotopic (exact) mass is 365 g/mol. The van der Waals surface area contributed by atoms with Crippen molar-refractivity contribution in [2.75, 3.05) is 0 Å². The first-order valence-electron chi connectivity index (χ1n) is 9.49. The first-order valence-corrected chi connectivity index (χ1v) is 9.49. The lowest BCUT2D eigenvalue weighted by Crippen LogP contribution is -2.39. The fourth-order valence-corrected chi connectivity index (χ4v) is 3.29. The number of rotatable bonds is 8. The molecule has 0 N–H and O–H groups in total. The van der Waals surface area contributed by atoms with Crippen LogP contribution < -0.4 is 0 Å². The second-order valence-corrected chi connectivity index (χ2v) is 6.92. The number of furan rings is 1. The molecule has 0 saturated carbocycles. The van der Waals surface area contributed by atoms with Crippen LogP contribution in [0.3, 0.4) is 0 Å².